The molecule has 16 heavy (non-hydrogen) atoms. The summed E-state index contributed by atoms with van der Waals surface area (Å²) in [6.45, 7) is 7.03. The maximum Gasteiger partial charge on any atom is 0.106 e. The average Bonchev–Trinajstić information content (AvgIpc) is 2.66. The molecule has 2 nitrogen and oxygen atoms in total. The molecular formula is C13H19BrN2. The van der Waals surface area contributed by atoms with Crippen molar-refractivity contribution in [2.75, 3.05) is 13.1 Å². The predicted molar refractivity (Wildman–Crippen MR) is 70.5 cm³/mol. The van der Waals surface area contributed by atoms with E-state index in [4.69, 9.17) is 0 Å². The highest BCUT2D eigenvalue weighted by Crippen LogP contribution is 2.22. The highest BCUT2D eigenvalue weighted by Gasteiger charge is 2.24. The average molecular weight is 283 g/mol. The maximum atomic E-state index is 4.50. The van der Waals surface area contributed by atoms with Crippen LogP contribution in [-0.2, 0) is 6.42 Å². The SMILES string of the molecule is CC(C)N1CC[C@H](Cc2cccc(Br)n2)C1. The smallest absolute Gasteiger partial charge is 0.106 e. The molecule has 2 rings (SSSR count). The summed E-state index contributed by atoms with van der Waals surface area (Å²) in [6.07, 6.45) is 2.43. The van der Waals surface area contributed by atoms with Gasteiger partial charge >= 0.3 is 0 Å². The first-order chi connectivity index (χ1) is 7.65. The fourth-order valence-electron chi connectivity index (χ4n) is 2.36. The first kappa shape index (κ1) is 12.1. The predicted octanol–water partition coefficient (Wildman–Crippen LogP) is 3.12. The van der Waals surface area contributed by atoms with Gasteiger partial charge in [0.2, 0.25) is 0 Å². The number of rotatable bonds is 3. The number of nitrogens with zero attached hydrogens (tertiary/aromatic N) is 2. The van der Waals surface area contributed by atoms with E-state index >= 15 is 0 Å². The van der Waals surface area contributed by atoms with E-state index in [-0.39, 0.29) is 0 Å². The van der Waals surface area contributed by atoms with Crippen LogP contribution in [-0.4, -0.2) is 29.0 Å². The minimum absolute atomic E-state index is 0.681. The minimum Gasteiger partial charge on any atom is -0.301 e. The van der Waals surface area contributed by atoms with Gasteiger partial charge in [-0.05, 0) is 67.2 Å². The Labute approximate surface area is 106 Å². The fourth-order valence-corrected chi connectivity index (χ4v) is 2.74. The van der Waals surface area contributed by atoms with Gasteiger partial charge in [-0.15, -0.1) is 0 Å². The molecule has 0 spiro atoms. The summed E-state index contributed by atoms with van der Waals surface area (Å²) < 4.78 is 0.948. The van der Waals surface area contributed by atoms with Crippen LogP contribution in [0.15, 0.2) is 22.8 Å². The quantitative estimate of drug-likeness (QED) is 0.792. The third-order valence-corrected chi connectivity index (χ3v) is 3.76. The van der Waals surface area contributed by atoms with E-state index in [0.717, 1.165) is 16.9 Å². The minimum atomic E-state index is 0.681. The van der Waals surface area contributed by atoms with Crippen molar-refractivity contribution in [1.82, 2.24) is 9.88 Å². The molecule has 0 saturated carbocycles. The second-order valence-electron chi connectivity index (χ2n) is 4.90. The summed E-state index contributed by atoms with van der Waals surface area (Å²) >= 11 is 3.43. The molecule has 88 valence electrons. The topological polar surface area (TPSA) is 16.1 Å². The van der Waals surface area contributed by atoms with Gasteiger partial charge in [0.1, 0.15) is 4.60 Å². The van der Waals surface area contributed by atoms with Crippen LogP contribution in [0.3, 0.4) is 0 Å². The van der Waals surface area contributed by atoms with Gasteiger partial charge in [-0.1, -0.05) is 6.07 Å². The summed E-state index contributed by atoms with van der Waals surface area (Å²) in [4.78, 5) is 7.06. The Morgan fingerprint density at radius 3 is 2.94 bits per heavy atom. The monoisotopic (exact) mass is 282 g/mol. The number of hydrogen-bond acceptors (Lipinski definition) is 2. The molecule has 1 aromatic rings. The van der Waals surface area contributed by atoms with Crippen molar-refractivity contribution >= 4 is 15.9 Å². The van der Waals surface area contributed by atoms with Gasteiger partial charge in [-0.2, -0.15) is 0 Å². The van der Waals surface area contributed by atoms with E-state index in [1.54, 1.807) is 0 Å². The Morgan fingerprint density at radius 2 is 2.31 bits per heavy atom. The Hall–Kier alpha value is -0.410. The second-order valence-corrected chi connectivity index (χ2v) is 5.71. The molecular weight excluding hydrogens is 264 g/mol. The first-order valence-corrected chi connectivity index (χ1v) is 6.80. The molecule has 1 aliphatic heterocycles. The lowest BCUT2D eigenvalue weighted by Gasteiger charge is -2.20. The van der Waals surface area contributed by atoms with Crippen LogP contribution < -0.4 is 0 Å². The molecule has 1 saturated heterocycles. The van der Waals surface area contributed by atoms with Crippen LogP contribution in [0.1, 0.15) is 26.0 Å². The third kappa shape index (κ3) is 3.05. The largest absolute Gasteiger partial charge is 0.301 e. The summed E-state index contributed by atoms with van der Waals surface area (Å²) in [5.74, 6) is 0.782. The van der Waals surface area contributed by atoms with Crippen LogP contribution in [0.4, 0.5) is 0 Å². The molecule has 0 N–H and O–H groups in total. The lowest BCUT2D eigenvalue weighted by molar-refractivity contribution is 0.265. The number of halogens is 1. The Balaban J connectivity index is 1.92. The number of hydrogen-bond donors (Lipinski definition) is 0. The summed E-state index contributed by atoms with van der Waals surface area (Å²) in [7, 11) is 0. The van der Waals surface area contributed by atoms with Gasteiger partial charge in [0, 0.05) is 18.3 Å². The van der Waals surface area contributed by atoms with Gasteiger partial charge in [0.25, 0.3) is 0 Å². The van der Waals surface area contributed by atoms with Gasteiger partial charge in [-0.3, -0.25) is 0 Å². The summed E-state index contributed by atoms with van der Waals surface area (Å²) in [5, 5.41) is 0. The van der Waals surface area contributed by atoms with Crippen molar-refractivity contribution < 1.29 is 0 Å². The van der Waals surface area contributed by atoms with Gasteiger partial charge < -0.3 is 4.90 Å². The van der Waals surface area contributed by atoms with Gasteiger partial charge in [0.15, 0.2) is 0 Å². The van der Waals surface area contributed by atoms with E-state index in [1.165, 1.54) is 25.2 Å². The van der Waals surface area contributed by atoms with Crippen molar-refractivity contribution in [3.05, 3.63) is 28.5 Å². The molecule has 0 unspecified atom stereocenters. The zero-order valence-electron chi connectivity index (χ0n) is 9.99. The van der Waals surface area contributed by atoms with E-state index < -0.39 is 0 Å². The van der Waals surface area contributed by atoms with Crippen molar-refractivity contribution in [2.45, 2.75) is 32.7 Å². The molecule has 0 aromatic carbocycles. The summed E-state index contributed by atoms with van der Waals surface area (Å²) in [6, 6.07) is 6.86. The van der Waals surface area contributed by atoms with Gasteiger partial charge in [0.05, 0.1) is 0 Å². The zero-order chi connectivity index (χ0) is 11.5. The Kier molecular flexibility index (Phi) is 3.98. The second kappa shape index (κ2) is 5.28. The molecule has 0 amide bonds. The molecule has 0 aliphatic carbocycles. The van der Waals surface area contributed by atoms with Crippen LogP contribution in [0.5, 0.6) is 0 Å². The Morgan fingerprint density at radius 1 is 1.50 bits per heavy atom. The molecule has 3 heteroatoms. The van der Waals surface area contributed by atoms with Crippen LogP contribution in [0.2, 0.25) is 0 Å². The molecule has 1 fully saturated rings. The van der Waals surface area contributed by atoms with E-state index in [2.05, 4.69) is 51.8 Å². The molecule has 1 aromatic heterocycles. The number of likely N-dealkylation sites (tertiary alicyclic amines) is 1. The van der Waals surface area contributed by atoms with E-state index in [9.17, 15) is 0 Å². The number of aromatic nitrogens is 1. The Bertz CT molecular complexity index is 352. The maximum absolute atomic E-state index is 4.50. The number of pyridine rings is 1. The molecule has 2 heterocycles. The standard InChI is InChI=1S/C13H19BrN2/c1-10(2)16-7-6-11(9-16)8-12-4-3-5-13(14)15-12/h3-5,10-11H,6-9H2,1-2H3/t11-/m1/s1. The highest BCUT2D eigenvalue weighted by molar-refractivity contribution is 9.10. The zero-order valence-corrected chi connectivity index (χ0v) is 11.6. The van der Waals surface area contributed by atoms with Crippen LogP contribution in [0.25, 0.3) is 0 Å². The normalized spacial score (nSPS) is 21.9. The van der Waals surface area contributed by atoms with Crippen LogP contribution >= 0.6 is 15.9 Å². The lowest BCUT2D eigenvalue weighted by atomic mass is 10.0. The fraction of sp³-hybridized carbons (Fsp3) is 0.615. The van der Waals surface area contributed by atoms with Gasteiger partial charge in [-0.25, -0.2) is 4.98 Å². The summed E-state index contributed by atoms with van der Waals surface area (Å²) in [5.41, 5.74) is 1.21. The first-order valence-electron chi connectivity index (χ1n) is 6.00. The van der Waals surface area contributed by atoms with Crippen molar-refractivity contribution in [3.63, 3.8) is 0 Å². The highest BCUT2D eigenvalue weighted by atomic mass is 79.9. The van der Waals surface area contributed by atoms with Crippen molar-refractivity contribution in [2.24, 2.45) is 5.92 Å². The third-order valence-electron chi connectivity index (χ3n) is 3.32. The lowest BCUT2D eigenvalue weighted by Crippen LogP contribution is -2.28. The molecule has 1 aliphatic rings. The van der Waals surface area contributed by atoms with Crippen molar-refractivity contribution in [1.29, 1.82) is 0 Å². The van der Waals surface area contributed by atoms with Crippen LogP contribution in [0, 0.1) is 5.92 Å². The molecule has 1 atom stereocenters. The van der Waals surface area contributed by atoms with Crippen molar-refractivity contribution in [3.8, 4) is 0 Å². The molecule has 0 radical (unpaired) electrons. The molecule has 0 bridgehead atoms. The van der Waals surface area contributed by atoms with E-state index in [1.807, 2.05) is 6.07 Å². The van der Waals surface area contributed by atoms with E-state index in [0.29, 0.717) is 6.04 Å².